The second-order valence-electron chi connectivity index (χ2n) is 3.42. The molecule has 92 valence electrons. The monoisotopic (exact) mass is 265 g/mol. The van der Waals surface area contributed by atoms with Crippen LogP contribution in [0.4, 0.5) is 5.82 Å². The Morgan fingerprint density at radius 3 is 2.56 bits per heavy atom. The number of nitrogens with zero attached hydrogens (tertiary/aromatic N) is 1. The first kappa shape index (κ1) is 12.1. The van der Waals surface area contributed by atoms with Crippen molar-refractivity contribution in [1.29, 1.82) is 0 Å². The number of benzene rings is 1. The maximum Gasteiger partial charge on any atom is 0.341 e. The summed E-state index contributed by atoms with van der Waals surface area (Å²) in [4.78, 5) is 22.6. The molecule has 7 heteroatoms. The number of aromatic carboxylic acids is 1. The minimum Gasteiger partial charge on any atom is -0.477 e. The van der Waals surface area contributed by atoms with Gasteiger partial charge >= 0.3 is 5.97 Å². The van der Waals surface area contributed by atoms with Crippen molar-refractivity contribution in [2.24, 2.45) is 0 Å². The van der Waals surface area contributed by atoms with Crippen molar-refractivity contribution in [3.8, 4) is 0 Å². The van der Waals surface area contributed by atoms with Gasteiger partial charge in [-0.25, -0.2) is 4.79 Å². The lowest BCUT2D eigenvalue weighted by Gasteiger charge is -2.03. The Hall–Kier alpha value is -2.34. The molecule has 1 heterocycles. The van der Waals surface area contributed by atoms with E-state index >= 15 is 0 Å². The third-order valence-corrected chi connectivity index (χ3v) is 2.47. The van der Waals surface area contributed by atoms with E-state index < -0.39 is 11.9 Å². The molecule has 1 aromatic carbocycles. The van der Waals surface area contributed by atoms with E-state index in [1.807, 2.05) is 0 Å². The van der Waals surface area contributed by atoms with E-state index in [2.05, 4.69) is 15.5 Å². The number of hydrogen-bond acceptors (Lipinski definition) is 3. The first-order valence-electron chi connectivity index (χ1n) is 4.91. The standard InChI is InChI=1S/C11H8ClN3O3/c12-7-3-1-6(2-4-7)10(16)14-9-8(11(17)18)5-13-15-9/h1-5H,(H,17,18)(H2,13,14,15,16). The lowest BCUT2D eigenvalue weighted by Crippen LogP contribution is -2.14. The van der Waals surface area contributed by atoms with Gasteiger partial charge in [0.05, 0.1) is 6.20 Å². The highest BCUT2D eigenvalue weighted by Crippen LogP contribution is 2.14. The fourth-order valence-corrected chi connectivity index (χ4v) is 1.46. The zero-order valence-corrected chi connectivity index (χ0v) is 9.73. The normalized spacial score (nSPS) is 10.1. The second-order valence-corrected chi connectivity index (χ2v) is 3.86. The van der Waals surface area contributed by atoms with Crippen LogP contribution in [-0.2, 0) is 0 Å². The Labute approximate surface area is 107 Å². The maximum absolute atomic E-state index is 11.8. The van der Waals surface area contributed by atoms with Crippen molar-refractivity contribution in [3.05, 3.63) is 46.6 Å². The summed E-state index contributed by atoms with van der Waals surface area (Å²) in [7, 11) is 0. The lowest BCUT2D eigenvalue weighted by molar-refractivity contribution is 0.0698. The molecule has 0 aliphatic rings. The average molecular weight is 266 g/mol. The van der Waals surface area contributed by atoms with E-state index in [9.17, 15) is 9.59 Å². The van der Waals surface area contributed by atoms with E-state index in [1.54, 1.807) is 12.1 Å². The number of aromatic amines is 1. The van der Waals surface area contributed by atoms with Crippen molar-refractivity contribution < 1.29 is 14.7 Å². The van der Waals surface area contributed by atoms with Gasteiger partial charge in [0, 0.05) is 10.6 Å². The fraction of sp³-hybridized carbons (Fsp3) is 0. The van der Waals surface area contributed by atoms with Gasteiger partial charge in [0.2, 0.25) is 0 Å². The van der Waals surface area contributed by atoms with Crippen LogP contribution >= 0.6 is 11.6 Å². The minimum atomic E-state index is -1.17. The average Bonchev–Trinajstić information content (AvgIpc) is 2.78. The van der Waals surface area contributed by atoms with Gasteiger partial charge in [-0.15, -0.1) is 0 Å². The molecule has 0 saturated heterocycles. The van der Waals surface area contributed by atoms with Crippen molar-refractivity contribution >= 4 is 29.3 Å². The molecule has 2 rings (SSSR count). The number of H-pyrrole nitrogens is 1. The van der Waals surface area contributed by atoms with Gasteiger partial charge in [0.15, 0.2) is 0 Å². The molecule has 18 heavy (non-hydrogen) atoms. The molecule has 2 aromatic rings. The maximum atomic E-state index is 11.8. The Morgan fingerprint density at radius 2 is 1.94 bits per heavy atom. The van der Waals surface area contributed by atoms with Crippen LogP contribution in [0.3, 0.4) is 0 Å². The number of carboxylic acid groups (broad SMARTS) is 1. The molecule has 0 unspecified atom stereocenters. The number of aromatic nitrogens is 2. The summed E-state index contributed by atoms with van der Waals surface area (Å²) in [5.74, 6) is -1.57. The van der Waals surface area contributed by atoms with Crippen LogP contribution in [-0.4, -0.2) is 27.2 Å². The van der Waals surface area contributed by atoms with Crippen molar-refractivity contribution in [2.45, 2.75) is 0 Å². The zero-order valence-electron chi connectivity index (χ0n) is 8.98. The van der Waals surface area contributed by atoms with Gasteiger partial charge in [-0.3, -0.25) is 9.89 Å². The number of amides is 1. The SMILES string of the molecule is O=C(Nc1[nH]ncc1C(=O)O)c1ccc(Cl)cc1. The summed E-state index contributed by atoms with van der Waals surface area (Å²) < 4.78 is 0. The number of hydrogen-bond donors (Lipinski definition) is 3. The molecule has 0 spiro atoms. The summed E-state index contributed by atoms with van der Waals surface area (Å²) >= 11 is 5.70. The van der Waals surface area contributed by atoms with Crippen LogP contribution in [0.5, 0.6) is 0 Å². The van der Waals surface area contributed by atoms with Crippen molar-refractivity contribution in [2.75, 3.05) is 5.32 Å². The van der Waals surface area contributed by atoms with Gasteiger partial charge in [-0.1, -0.05) is 11.6 Å². The number of anilines is 1. The summed E-state index contributed by atoms with van der Waals surface area (Å²) in [6.45, 7) is 0. The van der Waals surface area contributed by atoms with Gasteiger partial charge in [0.1, 0.15) is 11.4 Å². The van der Waals surface area contributed by atoms with E-state index in [4.69, 9.17) is 16.7 Å². The summed E-state index contributed by atoms with van der Waals surface area (Å²) in [5, 5.41) is 17.8. The molecule has 0 radical (unpaired) electrons. The highest BCUT2D eigenvalue weighted by molar-refractivity contribution is 6.30. The second kappa shape index (κ2) is 4.89. The first-order valence-corrected chi connectivity index (χ1v) is 5.29. The molecule has 0 atom stereocenters. The third-order valence-electron chi connectivity index (χ3n) is 2.21. The first-order chi connectivity index (χ1) is 8.58. The van der Waals surface area contributed by atoms with Crippen LogP contribution < -0.4 is 5.32 Å². The van der Waals surface area contributed by atoms with Gasteiger partial charge in [0.25, 0.3) is 5.91 Å². The number of rotatable bonds is 3. The molecular weight excluding hydrogens is 258 g/mol. The van der Waals surface area contributed by atoms with Crippen LogP contribution in [0.15, 0.2) is 30.5 Å². The highest BCUT2D eigenvalue weighted by atomic mass is 35.5. The van der Waals surface area contributed by atoms with E-state index in [0.717, 1.165) is 6.20 Å². The highest BCUT2D eigenvalue weighted by Gasteiger charge is 2.15. The molecule has 0 saturated carbocycles. The van der Waals surface area contributed by atoms with E-state index in [-0.39, 0.29) is 11.4 Å². The molecule has 0 bridgehead atoms. The smallest absolute Gasteiger partial charge is 0.341 e. The molecular formula is C11H8ClN3O3. The van der Waals surface area contributed by atoms with E-state index in [1.165, 1.54) is 12.1 Å². The number of carboxylic acids is 1. The number of nitrogens with one attached hydrogen (secondary N) is 2. The van der Waals surface area contributed by atoms with Crippen molar-refractivity contribution in [1.82, 2.24) is 10.2 Å². The zero-order chi connectivity index (χ0) is 13.1. The molecule has 0 fully saturated rings. The Bertz CT molecular complexity index is 592. The third kappa shape index (κ3) is 2.49. The molecule has 1 amide bonds. The molecule has 1 aromatic heterocycles. The van der Waals surface area contributed by atoms with E-state index in [0.29, 0.717) is 10.6 Å². The summed E-state index contributed by atoms with van der Waals surface area (Å²) in [6.07, 6.45) is 1.12. The quantitative estimate of drug-likeness (QED) is 0.791. The predicted molar refractivity (Wildman–Crippen MR) is 65.0 cm³/mol. The van der Waals surface area contributed by atoms with Crippen molar-refractivity contribution in [3.63, 3.8) is 0 Å². The van der Waals surface area contributed by atoms with Gasteiger partial charge in [-0.05, 0) is 24.3 Å². The molecule has 0 aliphatic heterocycles. The molecule has 3 N–H and O–H groups in total. The lowest BCUT2D eigenvalue weighted by atomic mass is 10.2. The fourth-order valence-electron chi connectivity index (χ4n) is 1.33. The topological polar surface area (TPSA) is 95.1 Å². The largest absolute Gasteiger partial charge is 0.477 e. The summed E-state index contributed by atoms with van der Waals surface area (Å²) in [5.41, 5.74) is 0.266. The van der Waals surface area contributed by atoms with Crippen LogP contribution in [0.1, 0.15) is 20.7 Å². The number of carbonyl (C=O) groups excluding carboxylic acids is 1. The van der Waals surface area contributed by atoms with Crippen LogP contribution in [0.2, 0.25) is 5.02 Å². The summed E-state index contributed by atoms with van der Waals surface area (Å²) in [6, 6.07) is 6.21. The minimum absolute atomic E-state index is 0.0439. The Balaban J connectivity index is 2.19. The van der Waals surface area contributed by atoms with Crippen LogP contribution in [0, 0.1) is 0 Å². The Morgan fingerprint density at radius 1 is 1.28 bits per heavy atom. The predicted octanol–water partition coefficient (Wildman–Crippen LogP) is 2.01. The molecule has 0 aliphatic carbocycles. The van der Waals surface area contributed by atoms with Gasteiger partial charge < -0.3 is 10.4 Å². The molecule has 6 nitrogen and oxygen atoms in total. The number of halogens is 1. The Kier molecular flexibility index (Phi) is 3.29. The van der Waals surface area contributed by atoms with Gasteiger partial charge in [-0.2, -0.15) is 5.10 Å². The number of carbonyl (C=O) groups is 2. The van der Waals surface area contributed by atoms with Crippen LogP contribution in [0.25, 0.3) is 0 Å².